The van der Waals surface area contributed by atoms with Crippen LogP contribution in [0.1, 0.15) is 52.4 Å². The van der Waals surface area contributed by atoms with Crippen LogP contribution >= 0.6 is 0 Å². The number of carbonyl (C=O) groups excluding carboxylic acids is 2. The van der Waals surface area contributed by atoms with E-state index in [1.165, 1.54) is 24.2 Å². The number of imide groups is 1. The van der Waals surface area contributed by atoms with Gasteiger partial charge in [0.05, 0.1) is 12.6 Å². The van der Waals surface area contributed by atoms with Gasteiger partial charge in [-0.1, -0.05) is 39.5 Å². The van der Waals surface area contributed by atoms with Crippen molar-refractivity contribution in [1.29, 1.82) is 0 Å². The van der Waals surface area contributed by atoms with Gasteiger partial charge in [-0.15, -0.1) is 0 Å². The molecule has 0 aliphatic carbocycles. The molecule has 0 saturated carbocycles. The maximum absolute atomic E-state index is 11.9. The van der Waals surface area contributed by atoms with Crippen molar-refractivity contribution in [2.24, 2.45) is 0 Å². The van der Waals surface area contributed by atoms with Crippen molar-refractivity contribution in [2.75, 3.05) is 13.1 Å². The molecule has 1 aliphatic heterocycles. The third kappa shape index (κ3) is 4.11. The lowest BCUT2D eigenvalue weighted by Gasteiger charge is -2.31. The molecule has 17 heavy (non-hydrogen) atoms. The topological polar surface area (TPSA) is 49.4 Å². The molecular weight excluding hydrogens is 216 g/mol. The van der Waals surface area contributed by atoms with Gasteiger partial charge in [-0.2, -0.15) is 0 Å². The molecule has 0 aromatic heterocycles. The van der Waals surface area contributed by atoms with Crippen molar-refractivity contribution in [3.63, 3.8) is 0 Å². The van der Waals surface area contributed by atoms with E-state index < -0.39 is 0 Å². The lowest BCUT2D eigenvalue weighted by molar-refractivity contribution is -0.149. The van der Waals surface area contributed by atoms with E-state index in [4.69, 9.17) is 0 Å². The molecule has 1 aliphatic rings. The molecule has 0 radical (unpaired) electrons. The Morgan fingerprint density at radius 3 is 2.53 bits per heavy atom. The van der Waals surface area contributed by atoms with Crippen LogP contribution in [0.5, 0.6) is 0 Å². The third-order valence-corrected chi connectivity index (χ3v) is 3.26. The average Bonchev–Trinajstić information content (AvgIpc) is 2.33. The van der Waals surface area contributed by atoms with Crippen molar-refractivity contribution >= 4 is 11.8 Å². The van der Waals surface area contributed by atoms with Gasteiger partial charge in [0.2, 0.25) is 11.8 Å². The van der Waals surface area contributed by atoms with Crippen LogP contribution in [0.2, 0.25) is 0 Å². The van der Waals surface area contributed by atoms with Crippen LogP contribution in [0, 0.1) is 0 Å². The summed E-state index contributed by atoms with van der Waals surface area (Å²) in [4.78, 5) is 25.0. The number of piperazine rings is 1. The van der Waals surface area contributed by atoms with Crippen LogP contribution in [0.4, 0.5) is 0 Å². The number of carbonyl (C=O) groups is 2. The minimum atomic E-state index is -0.164. The van der Waals surface area contributed by atoms with E-state index >= 15 is 0 Å². The number of amides is 2. The van der Waals surface area contributed by atoms with E-state index in [0.717, 1.165) is 19.3 Å². The Bertz CT molecular complexity index is 266. The summed E-state index contributed by atoms with van der Waals surface area (Å²) in [5.41, 5.74) is 0. The van der Waals surface area contributed by atoms with Crippen molar-refractivity contribution in [3.05, 3.63) is 0 Å². The largest absolute Gasteiger partial charge is 0.297 e. The summed E-state index contributed by atoms with van der Waals surface area (Å²) < 4.78 is 0. The first-order valence-corrected chi connectivity index (χ1v) is 6.78. The SMILES string of the molecule is CCCCCCCN1C(=O)CNC(CC)C1=O. The van der Waals surface area contributed by atoms with Crippen LogP contribution in [0.3, 0.4) is 0 Å². The molecule has 1 rings (SSSR count). The van der Waals surface area contributed by atoms with E-state index in [1.54, 1.807) is 0 Å². The van der Waals surface area contributed by atoms with Crippen LogP contribution in [-0.4, -0.2) is 35.8 Å². The number of unbranched alkanes of at least 4 members (excludes halogenated alkanes) is 4. The summed E-state index contributed by atoms with van der Waals surface area (Å²) in [6.45, 7) is 5.04. The van der Waals surface area contributed by atoms with Gasteiger partial charge < -0.3 is 0 Å². The quantitative estimate of drug-likeness (QED) is 0.544. The highest BCUT2D eigenvalue weighted by Gasteiger charge is 2.31. The standard InChI is InChI=1S/C13H24N2O2/c1-3-5-6-7-8-9-15-12(16)10-14-11(4-2)13(15)17/h11,14H,3-10H2,1-2H3. The van der Waals surface area contributed by atoms with Crippen LogP contribution in [0.15, 0.2) is 0 Å². The molecule has 2 amide bonds. The van der Waals surface area contributed by atoms with Crippen LogP contribution in [0.25, 0.3) is 0 Å². The zero-order chi connectivity index (χ0) is 12.7. The first-order valence-electron chi connectivity index (χ1n) is 6.78. The molecule has 1 unspecified atom stereocenters. The highest BCUT2D eigenvalue weighted by atomic mass is 16.2. The fourth-order valence-corrected chi connectivity index (χ4v) is 2.13. The first-order chi connectivity index (χ1) is 8.20. The average molecular weight is 240 g/mol. The number of hydrogen-bond acceptors (Lipinski definition) is 3. The molecule has 0 bridgehead atoms. The second kappa shape index (κ2) is 7.43. The zero-order valence-electron chi connectivity index (χ0n) is 11.0. The molecule has 1 fully saturated rings. The van der Waals surface area contributed by atoms with Gasteiger partial charge in [0, 0.05) is 6.54 Å². The molecule has 1 atom stereocenters. The zero-order valence-corrected chi connectivity index (χ0v) is 11.0. The minimum absolute atomic E-state index is 0.0424. The highest BCUT2D eigenvalue weighted by molar-refractivity contribution is 6.01. The maximum atomic E-state index is 11.9. The van der Waals surface area contributed by atoms with E-state index in [0.29, 0.717) is 13.1 Å². The van der Waals surface area contributed by atoms with Gasteiger partial charge in [-0.3, -0.25) is 19.8 Å². The lowest BCUT2D eigenvalue weighted by Crippen LogP contribution is -2.57. The van der Waals surface area contributed by atoms with Gasteiger partial charge in [-0.25, -0.2) is 0 Å². The van der Waals surface area contributed by atoms with Crippen molar-refractivity contribution in [3.8, 4) is 0 Å². The lowest BCUT2D eigenvalue weighted by atomic mass is 10.1. The molecule has 0 spiro atoms. The fourth-order valence-electron chi connectivity index (χ4n) is 2.13. The number of hydrogen-bond donors (Lipinski definition) is 1. The van der Waals surface area contributed by atoms with Crippen LogP contribution < -0.4 is 5.32 Å². The van der Waals surface area contributed by atoms with Crippen molar-refractivity contribution in [2.45, 2.75) is 58.4 Å². The Kier molecular flexibility index (Phi) is 6.19. The monoisotopic (exact) mass is 240 g/mol. The van der Waals surface area contributed by atoms with E-state index in [2.05, 4.69) is 12.2 Å². The molecule has 0 aromatic carbocycles. The third-order valence-electron chi connectivity index (χ3n) is 3.26. The minimum Gasteiger partial charge on any atom is -0.297 e. The predicted octanol–water partition coefficient (Wildman–Crippen LogP) is 1.69. The molecular formula is C13H24N2O2. The fraction of sp³-hybridized carbons (Fsp3) is 0.846. The molecule has 98 valence electrons. The Balaban J connectivity index is 2.33. The maximum Gasteiger partial charge on any atom is 0.246 e. The van der Waals surface area contributed by atoms with E-state index in [1.807, 2.05) is 6.92 Å². The van der Waals surface area contributed by atoms with E-state index in [-0.39, 0.29) is 17.9 Å². The summed E-state index contributed by atoms with van der Waals surface area (Å²) in [5, 5.41) is 2.97. The second-order valence-corrected chi connectivity index (χ2v) is 4.64. The summed E-state index contributed by atoms with van der Waals surface area (Å²) in [6.07, 6.45) is 6.44. The summed E-state index contributed by atoms with van der Waals surface area (Å²) in [7, 11) is 0. The number of nitrogens with one attached hydrogen (secondary N) is 1. The molecule has 1 heterocycles. The number of nitrogens with zero attached hydrogens (tertiary/aromatic N) is 1. The first kappa shape index (κ1) is 14.2. The van der Waals surface area contributed by atoms with Crippen molar-refractivity contribution in [1.82, 2.24) is 10.2 Å². The van der Waals surface area contributed by atoms with Gasteiger partial charge in [0.1, 0.15) is 0 Å². The van der Waals surface area contributed by atoms with E-state index in [9.17, 15) is 9.59 Å². The summed E-state index contributed by atoms with van der Waals surface area (Å²) >= 11 is 0. The highest BCUT2D eigenvalue weighted by Crippen LogP contribution is 2.09. The van der Waals surface area contributed by atoms with Gasteiger partial charge in [-0.05, 0) is 12.8 Å². The molecule has 1 saturated heterocycles. The smallest absolute Gasteiger partial charge is 0.246 e. The second-order valence-electron chi connectivity index (χ2n) is 4.64. The van der Waals surface area contributed by atoms with Crippen LogP contribution in [-0.2, 0) is 9.59 Å². The molecule has 1 N–H and O–H groups in total. The Hall–Kier alpha value is -0.900. The number of rotatable bonds is 7. The van der Waals surface area contributed by atoms with Gasteiger partial charge >= 0.3 is 0 Å². The normalized spacial score (nSPS) is 21.1. The Morgan fingerprint density at radius 1 is 1.18 bits per heavy atom. The Morgan fingerprint density at radius 2 is 1.88 bits per heavy atom. The molecule has 4 heteroatoms. The van der Waals surface area contributed by atoms with Gasteiger partial charge in [0.25, 0.3) is 0 Å². The molecule has 4 nitrogen and oxygen atoms in total. The van der Waals surface area contributed by atoms with Gasteiger partial charge in [0.15, 0.2) is 0 Å². The molecule has 0 aromatic rings. The predicted molar refractivity (Wildman–Crippen MR) is 67.6 cm³/mol. The Labute approximate surface area is 104 Å². The summed E-state index contributed by atoms with van der Waals surface area (Å²) in [5.74, 6) is -0.116. The summed E-state index contributed by atoms with van der Waals surface area (Å²) in [6, 6.07) is -0.164. The van der Waals surface area contributed by atoms with Crippen molar-refractivity contribution < 1.29 is 9.59 Å².